The van der Waals surface area contributed by atoms with Gasteiger partial charge in [0.05, 0.1) is 12.0 Å². The number of amides is 1. The van der Waals surface area contributed by atoms with E-state index in [1.807, 2.05) is 13.8 Å². The number of nitrogens with one attached hydrogen (secondary N) is 1. The summed E-state index contributed by atoms with van der Waals surface area (Å²) in [6, 6.07) is 0. The van der Waals surface area contributed by atoms with Crippen LogP contribution in [-0.4, -0.2) is 19.1 Å². The number of nitrogens with two attached hydrogens (primary N) is 1. The van der Waals surface area contributed by atoms with Crippen LogP contribution in [0, 0.1) is 11.3 Å². The Morgan fingerprint density at radius 3 is 2.69 bits per heavy atom. The summed E-state index contributed by atoms with van der Waals surface area (Å²) in [6.45, 7) is 4.86. The van der Waals surface area contributed by atoms with Crippen molar-refractivity contribution in [1.82, 2.24) is 5.43 Å². The minimum Gasteiger partial charge on any atom is -0.380 e. The van der Waals surface area contributed by atoms with Crippen LogP contribution in [0.15, 0.2) is 0 Å². The Labute approximate surface area is 78.8 Å². The fraction of sp³-hybridized carbons (Fsp3) is 0.889. The van der Waals surface area contributed by atoms with E-state index < -0.39 is 5.41 Å². The highest BCUT2D eigenvalue weighted by atomic mass is 16.5. The summed E-state index contributed by atoms with van der Waals surface area (Å²) in [4.78, 5) is 11.2. The third kappa shape index (κ3) is 3.32. The van der Waals surface area contributed by atoms with Crippen LogP contribution in [0.2, 0.25) is 0 Å². The van der Waals surface area contributed by atoms with Crippen molar-refractivity contribution in [3.8, 4) is 0 Å². The Kier molecular flexibility index (Phi) is 3.27. The summed E-state index contributed by atoms with van der Waals surface area (Å²) in [7, 11) is 0. The quantitative estimate of drug-likeness (QED) is 0.372. The molecule has 0 aromatic carbocycles. The number of hydrogen-bond donors (Lipinski definition) is 2. The highest BCUT2D eigenvalue weighted by Gasteiger charge is 2.29. The lowest BCUT2D eigenvalue weighted by Crippen LogP contribution is -2.43. The maximum atomic E-state index is 11.2. The zero-order valence-corrected chi connectivity index (χ0v) is 8.30. The average molecular weight is 186 g/mol. The minimum atomic E-state index is -0.524. The molecule has 13 heavy (non-hydrogen) atoms. The largest absolute Gasteiger partial charge is 0.380 e. The van der Waals surface area contributed by atoms with Crippen LogP contribution in [0.3, 0.4) is 0 Å². The lowest BCUT2D eigenvalue weighted by Gasteiger charge is -2.21. The standard InChI is InChI=1S/C9H18N2O2/c1-9(2,8(12)11-10)6-13-5-7-3-4-7/h7H,3-6,10H2,1-2H3,(H,11,12). The van der Waals surface area contributed by atoms with Crippen molar-refractivity contribution >= 4 is 5.91 Å². The Morgan fingerprint density at radius 2 is 2.23 bits per heavy atom. The van der Waals surface area contributed by atoms with Crippen molar-refractivity contribution in [2.24, 2.45) is 17.2 Å². The van der Waals surface area contributed by atoms with Crippen molar-refractivity contribution < 1.29 is 9.53 Å². The number of carbonyl (C=O) groups excluding carboxylic acids is 1. The van der Waals surface area contributed by atoms with Crippen LogP contribution < -0.4 is 11.3 Å². The van der Waals surface area contributed by atoms with Crippen LogP contribution in [-0.2, 0) is 9.53 Å². The van der Waals surface area contributed by atoms with Gasteiger partial charge in [-0.25, -0.2) is 5.84 Å². The van der Waals surface area contributed by atoms with Gasteiger partial charge in [0.2, 0.25) is 5.91 Å². The molecule has 76 valence electrons. The van der Waals surface area contributed by atoms with Crippen LogP contribution in [0.5, 0.6) is 0 Å². The van der Waals surface area contributed by atoms with E-state index in [1.54, 1.807) is 0 Å². The molecule has 1 amide bonds. The number of ether oxygens (including phenoxy) is 1. The lowest BCUT2D eigenvalue weighted by molar-refractivity contribution is -0.132. The highest BCUT2D eigenvalue weighted by molar-refractivity contribution is 5.81. The van der Waals surface area contributed by atoms with E-state index >= 15 is 0 Å². The molecule has 0 saturated heterocycles. The van der Waals surface area contributed by atoms with Gasteiger partial charge in [-0.2, -0.15) is 0 Å². The first-order valence-corrected chi connectivity index (χ1v) is 4.65. The van der Waals surface area contributed by atoms with E-state index in [4.69, 9.17) is 10.6 Å². The Hall–Kier alpha value is -0.610. The number of carbonyl (C=O) groups is 1. The van der Waals surface area contributed by atoms with Gasteiger partial charge in [0, 0.05) is 6.61 Å². The summed E-state index contributed by atoms with van der Waals surface area (Å²) in [6.07, 6.45) is 2.53. The molecule has 1 fully saturated rings. The molecule has 1 rings (SSSR count). The summed E-state index contributed by atoms with van der Waals surface area (Å²) in [5.41, 5.74) is 1.62. The van der Waals surface area contributed by atoms with Gasteiger partial charge in [0.25, 0.3) is 0 Å². The first-order chi connectivity index (χ1) is 6.06. The molecule has 0 unspecified atom stereocenters. The van der Waals surface area contributed by atoms with Crippen LogP contribution in [0.25, 0.3) is 0 Å². The van der Waals surface area contributed by atoms with E-state index in [0.29, 0.717) is 6.61 Å². The smallest absolute Gasteiger partial charge is 0.241 e. The van der Waals surface area contributed by atoms with Gasteiger partial charge in [0.1, 0.15) is 0 Å². The second kappa shape index (κ2) is 4.07. The predicted octanol–water partition coefficient (Wildman–Crippen LogP) is 0.429. The molecule has 1 aliphatic carbocycles. The molecule has 1 saturated carbocycles. The first-order valence-electron chi connectivity index (χ1n) is 4.65. The van der Waals surface area contributed by atoms with Gasteiger partial charge in [0.15, 0.2) is 0 Å². The van der Waals surface area contributed by atoms with Gasteiger partial charge in [-0.3, -0.25) is 10.2 Å². The number of rotatable bonds is 5. The van der Waals surface area contributed by atoms with Crippen molar-refractivity contribution in [1.29, 1.82) is 0 Å². The molecular formula is C9H18N2O2. The molecule has 1 aliphatic rings. The molecule has 0 radical (unpaired) electrons. The van der Waals surface area contributed by atoms with E-state index in [9.17, 15) is 4.79 Å². The van der Waals surface area contributed by atoms with Gasteiger partial charge in [-0.05, 0) is 32.6 Å². The van der Waals surface area contributed by atoms with Crippen molar-refractivity contribution in [3.63, 3.8) is 0 Å². The maximum Gasteiger partial charge on any atom is 0.241 e. The molecule has 0 heterocycles. The molecule has 4 heteroatoms. The number of hydrazine groups is 1. The summed E-state index contributed by atoms with van der Waals surface area (Å²) in [5, 5.41) is 0. The fourth-order valence-electron chi connectivity index (χ4n) is 1.03. The van der Waals surface area contributed by atoms with Crippen molar-refractivity contribution in [2.75, 3.05) is 13.2 Å². The zero-order chi connectivity index (χ0) is 9.90. The summed E-state index contributed by atoms with van der Waals surface area (Å²) in [5.74, 6) is 5.60. The maximum absolute atomic E-state index is 11.2. The molecule has 0 spiro atoms. The molecule has 4 nitrogen and oxygen atoms in total. The Morgan fingerprint density at radius 1 is 1.62 bits per heavy atom. The molecule has 0 aliphatic heterocycles. The third-order valence-electron chi connectivity index (χ3n) is 2.26. The molecule has 0 aromatic rings. The monoisotopic (exact) mass is 186 g/mol. The topological polar surface area (TPSA) is 64.3 Å². The molecule has 0 atom stereocenters. The van der Waals surface area contributed by atoms with E-state index in [-0.39, 0.29) is 5.91 Å². The van der Waals surface area contributed by atoms with Crippen LogP contribution in [0.1, 0.15) is 26.7 Å². The van der Waals surface area contributed by atoms with Crippen LogP contribution >= 0.6 is 0 Å². The van der Waals surface area contributed by atoms with Crippen molar-refractivity contribution in [2.45, 2.75) is 26.7 Å². The SMILES string of the molecule is CC(C)(COCC1CC1)C(=O)NN. The summed E-state index contributed by atoms with van der Waals surface area (Å²) >= 11 is 0. The second-order valence-corrected chi connectivity index (χ2v) is 4.32. The minimum absolute atomic E-state index is 0.178. The highest BCUT2D eigenvalue weighted by Crippen LogP contribution is 2.29. The van der Waals surface area contributed by atoms with Gasteiger partial charge < -0.3 is 4.74 Å². The predicted molar refractivity (Wildman–Crippen MR) is 49.7 cm³/mol. The molecular weight excluding hydrogens is 168 g/mol. The van der Waals surface area contributed by atoms with E-state index in [1.165, 1.54) is 12.8 Å². The van der Waals surface area contributed by atoms with E-state index in [2.05, 4.69) is 5.43 Å². The van der Waals surface area contributed by atoms with Gasteiger partial charge in [-0.15, -0.1) is 0 Å². The first kappa shape index (κ1) is 10.5. The molecule has 3 N–H and O–H groups in total. The summed E-state index contributed by atoms with van der Waals surface area (Å²) < 4.78 is 5.43. The van der Waals surface area contributed by atoms with Crippen LogP contribution in [0.4, 0.5) is 0 Å². The van der Waals surface area contributed by atoms with E-state index in [0.717, 1.165) is 12.5 Å². The van der Waals surface area contributed by atoms with Gasteiger partial charge >= 0.3 is 0 Å². The third-order valence-corrected chi connectivity index (χ3v) is 2.26. The number of hydrogen-bond acceptors (Lipinski definition) is 3. The average Bonchev–Trinajstić information content (AvgIpc) is 2.86. The Bertz CT molecular complexity index is 188. The van der Waals surface area contributed by atoms with Crippen molar-refractivity contribution in [3.05, 3.63) is 0 Å². The van der Waals surface area contributed by atoms with Gasteiger partial charge in [-0.1, -0.05) is 0 Å². The lowest BCUT2D eigenvalue weighted by atomic mass is 9.94. The normalized spacial score (nSPS) is 17.2. The molecule has 0 bridgehead atoms. The second-order valence-electron chi connectivity index (χ2n) is 4.32. The fourth-order valence-corrected chi connectivity index (χ4v) is 1.03. The Balaban J connectivity index is 2.19. The molecule has 0 aromatic heterocycles. The zero-order valence-electron chi connectivity index (χ0n) is 8.30.